The Morgan fingerprint density at radius 3 is 2.87 bits per heavy atom. The number of H-pyrrole nitrogens is 1. The van der Waals surface area contributed by atoms with E-state index in [2.05, 4.69) is 26.5 Å². The fourth-order valence-corrected chi connectivity index (χ4v) is 4.11. The van der Waals surface area contributed by atoms with Crippen LogP contribution in [0.15, 0.2) is 46.4 Å². The average molecular weight is 420 g/mol. The van der Waals surface area contributed by atoms with Crippen molar-refractivity contribution in [3.05, 3.63) is 64.0 Å². The van der Waals surface area contributed by atoms with Crippen molar-refractivity contribution in [1.29, 1.82) is 0 Å². The van der Waals surface area contributed by atoms with Crippen LogP contribution in [0.1, 0.15) is 35.8 Å². The summed E-state index contributed by atoms with van der Waals surface area (Å²) in [6, 6.07) is 8.79. The third-order valence-electron chi connectivity index (χ3n) is 5.73. The molecule has 0 radical (unpaired) electrons. The number of aliphatic imine (C=N–C) groups is 1. The van der Waals surface area contributed by atoms with Crippen molar-refractivity contribution in [2.24, 2.45) is 4.99 Å². The highest BCUT2D eigenvalue weighted by Crippen LogP contribution is 2.25. The number of methoxy groups -OCH3 is 1. The van der Waals surface area contributed by atoms with E-state index in [4.69, 9.17) is 14.5 Å². The van der Waals surface area contributed by atoms with Gasteiger partial charge in [0.15, 0.2) is 5.65 Å². The van der Waals surface area contributed by atoms with Gasteiger partial charge in [-0.1, -0.05) is 24.3 Å². The third-order valence-corrected chi connectivity index (χ3v) is 5.73. The largest absolute Gasteiger partial charge is 0.468 e. The lowest BCUT2D eigenvalue weighted by Gasteiger charge is -2.22. The summed E-state index contributed by atoms with van der Waals surface area (Å²) < 4.78 is 12.5. The van der Waals surface area contributed by atoms with Crippen molar-refractivity contribution in [2.45, 2.75) is 25.3 Å². The number of hydrogen-bond acceptors (Lipinski definition) is 7. The molecule has 1 fully saturated rings. The fourth-order valence-electron chi connectivity index (χ4n) is 4.11. The zero-order valence-electron chi connectivity index (χ0n) is 17.3. The molecular weight excluding hydrogens is 396 g/mol. The Labute approximate surface area is 178 Å². The highest BCUT2D eigenvalue weighted by atomic mass is 16.5. The molecule has 0 bridgehead atoms. The Kier molecular flexibility index (Phi) is 5.25. The second-order valence-electron chi connectivity index (χ2n) is 7.66. The minimum atomic E-state index is -0.163. The van der Waals surface area contributed by atoms with Crippen LogP contribution < -0.4 is 10.9 Å². The molecule has 2 aliphatic heterocycles. The van der Waals surface area contributed by atoms with Crippen LogP contribution in [0.4, 0.5) is 0 Å². The predicted octanol–water partition coefficient (Wildman–Crippen LogP) is 2.01. The number of aromatic amines is 1. The number of nitrogens with zero attached hydrogens (tertiary/aromatic N) is 4. The van der Waals surface area contributed by atoms with Crippen LogP contribution in [-0.4, -0.2) is 52.6 Å². The second-order valence-corrected chi connectivity index (χ2v) is 7.66. The molecule has 9 heteroatoms. The summed E-state index contributed by atoms with van der Waals surface area (Å²) in [5, 5.41) is 8.04. The molecule has 5 rings (SSSR count). The molecule has 0 atom stereocenters. The summed E-state index contributed by atoms with van der Waals surface area (Å²) in [7, 11) is 1.59. The second kappa shape index (κ2) is 8.35. The number of ether oxygens (including phenoxy) is 2. The molecule has 1 saturated heterocycles. The zero-order valence-corrected chi connectivity index (χ0v) is 17.3. The van der Waals surface area contributed by atoms with Crippen LogP contribution in [0, 0.1) is 0 Å². The molecule has 2 aromatic heterocycles. The number of amidine groups is 1. The maximum absolute atomic E-state index is 12.7. The first-order valence-electron chi connectivity index (χ1n) is 10.4. The van der Waals surface area contributed by atoms with Gasteiger partial charge in [-0.25, -0.2) is 14.7 Å². The van der Waals surface area contributed by atoms with Gasteiger partial charge in [0.25, 0.3) is 11.6 Å². The molecule has 160 valence electrons. The number of aromatic nitrogens is 4. The molecule has 0 aliphatic carbocycles. The number of benzene rings is 1. The Morgan fingerprint density at radius 2 is 2.10 bits per heavy atom. The first-order chi connectivity index (χ1) is 15.2. The van der Waals surface area contributed by atoms with Gasteiger partial charge in [0.05, 0.1) is 25.9 Å². The molecule has 0 spiro atoms. The first-order valence-corrected chi connectivity index (χ1v) is 10.4. The minimum absolute atomic E-state index is 0.163. The minimum Gasteiger partial charge on any atom is -0.468 e. The van der Waals surface area contributed by atoms with Gasteiger partial charge in [-0.05, 0) is 29.5 Å². The van der Waals surface area contributed by atoms with E-state index in [0.717, 1.165) is 29.5 Å². The molecule has 31 heavy (non-hydrogen) atoms. The Bertz CT molecular complexity index is 1220. The third kappa shape index (κ3) is 3.84. The molecule has 0 saturated carbocycles. The van der Waals surface area contributed by atoms with E-state index in [1.165, 1.54) is 0 Å². The fraction of sp³-hybridized carbons (Fsp3) is 0.364. The Hall–Kier alpha value is -3.46. The number of fused-ring (bicyclic) bond motifs is 1. The van der Waals surface area contributed by atoms with E-state index in [9.17, 15) is 4.79 Å². The smallest absolute Gasteiger partial charge is 0.288 e. The van der Waals surface area contributed by atoms with E-state index in [1.807, 2.05) is 29.1 Å². The summed E-state index contributed by atoms with van der Waals surface area (Å²) in [6.45, 7) is 1.92. The number of rotatable bonds is 4. The van der Waals surface area contributed by atoms with E-state index in [0.29, 0.717) is 49.1 Å². The maximum Gasteiger partial charge on any atom is 0.288 e. The van der Waals surface area contributed by atoms with Crippen LogP contribution in [0.2, 0.25) is 0 Å². The van der Waals surface area contributed by atoms with Gasteiger partial charge < -0.3 is 19.8 Å². The molecule has 4 heterocycles. The van der Waals surface area contributed by atoms with Crippen LogP contribution in [0.5, 0.6) is 0 Å². The summed E-state index contributed by atoms with van der Waals surface area (Å²) in [5.41, 5.74) is 3.65. The molecule has 0 unspecified atom stereocenters. The number of nitrogens with one attached hydrogen (secondary N) is 2. The van der Waals surface area contributed by atoms with Gasteiger partial charge >= 0.3 is 0 Å². The summed E-state index contributed by atoms with van der Waals surface area (Å²) in [4.78, 5) is 24.8. The first kappa shape index (κ1) is 19.5. The van der Waals surface area contributed by atoms with Gasteiger partial charge in [-0.3, -0.25) is 4.79 Å². The average Bonchev–Trinajstić information content (AvgIpc) is 3.25. The van der Waals surface area contributed by atoms with E-state index in [1.54, 1.807) is 13.3 Å². The van der Waals surface area contributed by atoms with E-state index >= 15 is 0 Å². The van der Waals surface area contributed by atoms with Gasteiger partial charge in [0, 0.05) is 25.8 Å². The highest BCUT2D eigenvalue weighted by Gasteiger charge is 2.21. The van der Waals surface area contributed by atoms with Gasteiger partial charge in [-0.15, -0.1) is 0 Å². The molecule has 2 N–H and O–H groups in total. The summed E-state index contributed by atoms with van der Waals surface area (Å²) in [5.74, 6) is 0.615. The molecule has 3 aromatic rings. The lowest BCUT2D eigenvalue weighted by molar-refractivity contribution is 0.0673. The normalized spacial score (nSPS) is 17.2. The standard InChI is InChI=1S/C22H24N6O3/c1-30-22-23-11-15(12-24-22)17-5-3-2-4-14(17)10-19-26-20-18(21(29)27-19)13-25-28(20)16-6-8-31-9-7-16/h2-5,11,13,16H,6-10,12H2,1H3,(H,23,24)(H,26,27,29). The van der Waals surface area contributed by atoms with E-state index in [-0.39, 0.29) is 11.6 Å². The lowest BCUT2D eigenvalue weighted by Crippen LogP contribution is -2.24. The van der Waals surface area contributed by atoms with Crippen LogP contribution >= 0.6 is 0 Å². The summed E-state index contributed by atoms with van der Waals surface area (Å²) in [6.07, 6.45) is 5.75. The van der Waals surface area contributed by atoms with Crippen LogP contribution in [0.3, 0.4) is 0 Å². The van der Waals surface area contributed by atoms with Crippen molar-refractivity contribution < 1.29 is 9.47 Å². The predicted molar refractivity (Wildman–Crippen MR) is 117 cm³/mol. The topological polar surface area (TPSA) is 106 Å². The van der Waals surface area contributed by atoms with Crippen molar-refractivity contribution in [3.8, 4) is 0 Å². The van der Waals surface area contributed by atoms with Crippen molar-refractivity contribution in [1.82, 2.24) is 25.1 Å². The zero-order chi connectivity index (χ0) is 21.2. The van der Waals surface area contributed by atoms with Crippen LogP contribution in [0.25, 0.3) is 16.6 Å². The van der Waals surface area contributed by atoms with Crippen molar-refractivity contribution in [3.63, 3.8) is 0 Å². The van der Waals surface area contributed by atoms with Gasteiger partial charge in [0.1, 0.15) is 11.2 Å². The summed E-state index contributed by atoms with van der Waals surface area (Å²) >= 11 is 0. The van der Waals surface area contributed by atoms with Crippen molar-refractivity contribution in [2.75, 3.05) is 26.9 Å². The van der Waals surface area contributed by atoms with Gasteiger partial charge in [-0.2, -0.15) is 5.10 Å². The van der Waals surface area contributed by atoms with E-state index < -0.39 is 0 Å². The Balaban J connectivity index is 1.48. The molecule has 1 aromatic carbocycles. The Morgan fingerprint density at radius 1 is 1.26 bits per heavy atom. The molecule has 0 amide bonds. The molecule has 9 nitrogen and oxygen atoms in total. The SMILES string of the molecule is COC1=NCC(c2ccccc2Cc2nc3c(cnn3C3CCOCC3)c(=O)[nH]2)=CN1. The number of hydrogen-bond donors (Lipinski definition) is 2. The van der Waals surface area contributed by atoms with Crippen LogP contribution in [-0.2, 0) is 15.9 Å². The highest BCUT2D eigenvalue weighted by molar-refractivity contribution is 5.82. The maximum atomic E-state index is 12.7. The molecular formula is C22H24N6O3. The quantitative estimate of drug-likeness (QED) is 0.669. The monoisotopic (exact) mass is 420 g/mol. The van der Waals surface area contributed by atoms with Gasteiger partial charge in [0.2, 0.25) is 0 Å². The molecule has 2 aliphatic rings. The van der Waals surface area contributed by atoms with Crippen molar-refractivity contribution >= 4 is 22.6 Å². The lowest BCUT2D eigenvalue weighted by atomic mass is 9.97.